The highest BCUT2D eigenvalue weighted by Gasteiger charge is 2.02. The van der Waals surface area contributed by atoms with Crippen molar-refractivity contribution in [2.45, 2.75) is 16.8 Å². The van der Waals surface area contributed by atoms with Gasteiger partial charge in [-0.05, 0) is 52.7 Å². The van der Waals surface area contributed by atoms with E-state index in [0.717, 1.165) is 31.8 Å². The third-order valence-corrected chi connectivity index (χ3v) is 3.70. The predicted octanol–water partition coefficient (Wildman–Crippen LogP) is 4.12. The van der Waals surface area contributed by atoms with E-state index in [4.69, 9.17) is 0 Å². The van der Waals surface area contributed by atoms with Crippen molar-refractivity contribution in [3.63, 3.8) is 0 Å². The van der Waals surface area contributed by atoms with E-state index < -0.39 is 0 Å². The van der Waals surface area contributed by atoms with E-state index >= 15 is 0 Å². The Kier molecular flexibility index (Phi) is 3.97. The molecule has 1 heterocycles. The lowest BCUT2D eigenvalue weighted by atomic mass is 10.1. The van der Waals surface area contributed by atoms with Gasteiger partial charge in [-0.2, -0.15) is 0 Å². The Balaban J connectivity index is 2.21. The summed E-state index contributed by atoms with van der Waals surface area (Å²) in [5.41, 5.74) is 1.72. The van der Waals surface area contributed by atoms with Crippen molar-refractivity contribution < 1.29 is 4.79 Å². The minimum Gasteiger partial charge on any atom is -0.298 e. The van der Waals surface area contributed by atoms with Gasteiger partial charge in [-0.25, -0.2) is 4.98 Å². The number of carbonyl (C=O) groups excluding carboxylic acids is 1. The molecule has 2 nitrogen and oxygen atoms in total. The number of benzene rings is 1. The first kappa shape index (κ1) is 12.3. The molecule has 0 amide bonds. The zero-order valence-corrected chi connectivity index (χ0v) is 11.6. The standard InChI is InChI=1S/C13H10BrNOS/c1-9-6-12(4-2-10(9)8-16)17-13-5-3-11(14)7-15-13/h2-8H,1H3. The quantitative estimate of drug-likeness (QED) is 0.799. The number of aromatic nitrogens is 1. The molecule has 0 fully saturated rings. The van der Waals surface area contributed by atoms with Crippen molar-refractivity contribution in [2.24, 2.45) is 0 Å². The molecule has 0 aliphatic carbocycles. The van der Waals surface area contributed by atoms with E-state index in [1.807, 2.05) is 37.3 Å². The fraction of sp³-hybridized carbons (Fsp3) is 0.0769. The van der Waals surface area contributed by atoms with E-state index in [1.165, 1.54) is 0 Å². The molecule has 0 radical (unpaired) electrons. The van der Waals surface area contributed by atoms with E-state index in [0.29, 0.717) is 0 Å². The summed E-state index contributed by atoms with van der Waals surface area (Å²) in [4.78, 5) is 16.1. The smallest absolute Gasteiger partial charge is 0.150 e. The van der Waals surface area contributed by atoms with Crippen LogP contribution in [-0.4, -0.2) is 11.3 Å². The molecular weight excluding hydrogens is 298 g/mol. The molecular formula is C13H10BrNOS. The van der Waals surface area contributed by atoms with Gasteiger partial charge in [0.15, 0.2) is 0 Å². The molecule has 0 atom stereocenters. The van der Waals surface area contributed by atoms with E-state index in [2.05, 4.69) is 20.9 Å². The summed E-state index contributed by atoms with van der Waals surface area (Å²) in [7, 11) is 0. The number of pyridine rings is 1. The van der Waals surface area contributed by atoms with Crippen molar-refractivity contribution in [2.75, 3.05) is 0 Å². The lowest BCUT2D eigenvalue weighted by Gasteiger charge is -2.03. The van der Waals surface area contributed by atoms with Crippen LogP contribution in [0, 0.1) is 6.92 Å². The van der Waals surface area contributed by atoms with Gasteiger partial charge in [0.05, 0.1) is 0 Å². The molecule has 86 valence electrons. The zero-order chi connectivity index (χ0) is 12.3. The van der Waals surface area contributed by atoms with Crippen molar-refractivity contribution in [3.05, 3.63) is 52.1 Å². The Bertz CT molecular complexity index is 540. The molecule has 0 aliphatic heterocycles. The summed E-state index contributed by atoms with van der Waals surface area (Å²) in [5.74, 6) is 0. The molecule has 0 N–H and O–H groups in total. The number of rotatable bonds is 3. The van der Waals surface area contributed by atoms with Crippen LogP contribution in [0.4, 0.5) is 0 Å². The average Bonchev–Trinajstić information content (AvgIpc) is 2.32. The molecule has 2 aromatic rings. The lowest BCUT2D eigenvalue weighted by Crippen LogP contribution is -1.86. The van der Waals surface area contributed by atoms with Crippen LogP contribution in [-0.2, 0) is 0 Å². The molecule has 4 heteroatoms. The monoisotopic (exact) mass is 307 g/mol. The van der Waals surface area contributed by atoms with Gasteiger partial charge < -0.3 is 0 Å². The predicted molar refractivity (Wildman–Crippen MR) is 72.6 cm³/mol. The van der Waals surface area contributed by atoms with Gasteiger partial charge in [0, 0.05) is 21.1 Å². The zero-order valence-electron chi connectivity index (χ0n) is 9.18. The molecule has 0 saturated heterocycles. The molecule has 0 saturated carbocycles. The van der Waals surface area contributed by atoms with Gasteiger partial charge in [-0.1, -0.05) is 17.8 Å². The fourth-order valence-corrected chi connectivity index (χ4v) is 2.48. The third kappa shape index (κ3) is 3.17. The molecule has 1 aromatic heterocycles. The maximum atomic E-state index is 10.7. The number of hydrogen-bond acceptors (Lipinski definition) is 3. The maximum absolute atomic E-state index is 10.7. The van der Waals surface area contributed by atoms with Crippen LogP contribution in [0.2, 0.25) is 0 Å². The number of hydrogen-bond donors (Lipinski definition) is 0. The summed E-state index contributed by atoms with van der Waals surface area (Å²) in [6.07, 6.45) is 2.65. The second kappa shape index (κ2) is 5.47. The van der Waals surface area contributed by atoms with Crippen LogP contribution in [0.15, 0.2) is 50.9 Å². The highest BCUT2D eigenvalue weighted by atomic mass is 79.9. The van der Waals surface area contributed by atoms with Gasteiger partial charge in [-0.3, -0.25) is 4.79 Å². The SMILES string of the molecule is Cc1cc(Sc2ccc(Br)cn2)ccc1C=O. The number of nitrogens with zero attached hydrogens (tertiary/aromatic N) is 1. The van der Waals surface area contributed by atoms with Gasteiger partial charge in [0.25, 0.3) is 0 Å². The largest absolute Gasteiger partial charge is 0.298 e. The molecule has 0 unspecified atom stereocenters. The Morgan fingerprint density at radius 3 is 2.71 bits per heavy atom. The minimum absolute atomic E-state index is 0.734. The Morgan fingerprint density at radius 1 is 1.29 bits per heavy atom. The summed E-state index contributed by atoms with van der Waals surface area (Å²) < 4.78 is 0.967. The van der Waals surface area contributed by atoms with Crippen molar-refractivity contribution >= 4 is 34.0 Å². The molecule has 17 heavy (non-hydrogen) atoms. The van der Waals surface area contributed by atoms with Gasteiger partial charge in [0.1, 0.15) is 11.3 Å². The van der Waals surface area contributed by atoms with Crippen LogP contribution >= 0.6 is 27.7 Å². The molecule has 2 rings (SSSR count). The molecule has 0 spiro atoms. The second-order valence-corrected chi connectivity index (χ2v) is 5.56. The van der Waals surface area contributed by atoms with Gasteiger partial charge in [-0.15, -0.1) is 0 Å². The summed E-state index contributed by atoms with van der Waals surface area (Å²) in [5, 5.41) is 0.937. The van der Waals surface area contributed by atoms with Crippen LogP contribution in [0.5, 0.6) is 0 Å². The summed E-state index contributed by atoms with van der Waals surface area (Å²) in [6, 6.07) is 9.69. The van der Waals surface area contributed by atoms with Crippen molar-refractivity contribution in [1.82, 2.24) is 4.98 Å². The van der Waals surface area contributed by atoms with Crippen LogP contribution in [0.25, 0.3) is 0 Å². The van der Waals surface area contributed by atoms with Crippen molar-refractivity contribution in [3.8, 4) is 0 Å². The number of carbonyl (C=O) groups is 1. The highest BCUT2D eigenvalue weighted by molar-refractivity contribution is 9.10. The van der Waals surface area contributed by atoms with Gasteiger partial charge in [0.2, 0.25) is 0 Å². The molecule has 0 aliphatic rings. The number of aldehydes is 1. The van der Waals surface area contributed by atoms with Crippen LogP contribution < -0.4 is 0 Å². The summed E-state index contributed by atoms with van der Waals surface area (Å²) in [6.45, 7) is 1.93. The Labute approximate surface area is 113 Å². The summed E-state index contributed by atoms with van der Waals surface area (Å²) >= 11 is 4.93. The topological polar surface area (TPSA) is 30.0 Å². The Morgan fingerprint density at radius 2 is 2.12 bits per heavy atom. The van der Waals surface area contributed by atoms with Gasteiger partial charge >= 0.3 is 0 Å². The Hall–Kier alpha value is -1.13. The normalized spacial score (nSPS) is 10.2. The van der Waals surface area contributed by atoms with Crippen LogP contribution in [0.1, 0.15) is 15.9 Å². The first-order valence-corrected chi connectivity index (χ1v) is 6.65. The van der Waals surface area contributed by atoms with E-state index in [-0.39, 0.29) is 0 Å². The first-order valence-electron chi connectivity index (χ1n) is 5.04. The number of halogens is 1. The molecule has 0 bridgehead atoms. The number of aryl methyl sites for hydroxylation is 1. The first-order chi connectivity index (χ1) is 8.19. The highest BCUT2D eigenvalue weighted by Crippen LogP contribution is 2.27. The second-order valence-electron chi connectivity index (χ2n) is 3.55. The van der Waals surface area contributed by atoms with E-state index in [1.54, 1.807) is 18.0 Å². The lowest BCUT2D eigenvalue weighted by molar-refractivity contribution is 0.112. The van der Waals surface area contributed by atoms with E-state index in [9.17, 15) is 4.79 Å². The van der Waals surface area contributed by atoms with Crippen LogP contribution in [0.3, 0.4) is 0 Å². The average molecular weight is 308 g/mol. The fourth-order valence-electron chi connectivity index (χ4n) is 1.39. The minimum atomic E-state index is 0.734. The maximum Gasteiger partial charge on any atom is 0.150 e. The molecule has 1 aromatic carbocycles. The van der Waals surface area contributed by atoms with Crippen molar-refractivity contribution in [1.29, 1.82) is 0 Å². The third-order valence-electron chi connectivity index (χ3n) is 2.29.